The van der Waals surface area contributed by atoms with Crippen LogP contribution >= 0.6 is 0 Å². The van der Waals surface area contributed by atoms with E-state index in [2.05, 4.69) is 45.0 Å². The average molecular weight is 207 g/mol. The SMILES string of the molecule is CN(CO)Cc1ccc(C(C)(C)C)cc1. The van der Waals surface area contributed by atoms with Crippen LogP contribution in [0.1, 0.15) is 31.9 Å². The molecule has 0 aliphatic rings. The largest absolute Gasteiger partial charge is 0.381 e. The number of hydrogen-bond acceptors (Lipinski definition) is 2. The van der Waals surface area contributed by atoms with Gasteiger partial charge >= 0.3 is 0 Å². The highest BCUT2D eigenvalue weighted by molar-refractivity contribution is 5.27. The van der Waals surface area contributed by atoms with Gasteiger partial charge in [-0.1, -0.05) is 45.0 Å². The molecule has 0 atom stereocenters. The van der Waals surface area contributed by atoms with E-state index in [4.69, 9.17) is 5.11 Å². The van der Waals surface area contributed by atoms with Crippen LogP contribution in [0.2, 0.25) is 0 Å². The molecule has 0 aliphatic carbocycles. The van der Waals surface area contributed by atoms with Gasteiger partial charge in [-0.05, 0) is 23.6 Å². The van der Waals surface area contributed by atoms with Crippen molar-refractivity contribution in [1.29, 1.82) is 0 Å². The van der Waals surface area contributed by atoms with E-state index in [0.29, 0.717) is 0 Å². The van der Waals surface area contributed by atoms with E-state index in [0.717, 1.165) is 6.54 Å². The lowest BCUT2D eigenvalue weighted by molar-refractivity contribution is 0.127. The van der Waals surface area contributed by atoms with Gasteiger partial charge in [0.25, 0.3) is 0 Å². The highest BCUT2D eigenvalue weighted by Crippen LogP contribution is 2.22. The van der Waals surface area contributed by atoms with Gasteiger partial charge in [-0.25, -0.2) is 0 Å². The summed E-state index contributed by atoms with van der Waals surface area (Å²) in [4.78, 5) is 1.87. The standard InChI is InChI=1S/C13H21NO/c1-13(2,3)12-7-5-11(6-8-12)9-14(4)10-15/h5-8,15H,9-10H2,1-4H3. The summed E-state index contributed by atoms with van der Waals surface area (Å²) in [5, 5.41) is 8.91. The van der Waals surface area contributed by atoms with Crippen molar-refractivity contribution in [3.05, 3.63) is 35.4 Å². The Balaban J connectivity index is 2.73. The molecule has 0 spiro atoms. The van der Waals surface area contributed by atoms with Crippen LogP contribution in [0.4, 0.5) is 0 Å². The van der Waals surface area contributed by atoms with E-state index in [1.54, 1.807) is 0 Å². The molecule has 0 aromatic heterocycles. The van der Waals surface area contributed by atoms with Gasteiger partial charge in [-0.3, -0.25) is 4.90 Å². The number of aliphatic hydroxyl groups excluding tert-OH is 1. The normalized spacial score (nSPS) is 12.1. The molecule has 1 rings (SSSR count). The zero-order valence-corrected chi connectivity index (χ0v) is 10.1. The number of nitrogens with zero attached hydrogens (tertiary/aromatic N) is 1. The second-order valence-electron chi connectivity index (χ2n) is 5.10. The molecule has 1 aromatic rings. The fraction of sp³-hybridized carbons (Fsp3) is 0.538. The summed E-state index contributed by atoms with van der Waals surface area (Å²) in [6.45, 7) is 7.52. The summed E-state index contributed by atoms with van der Waals surface area (Å²) in [5.41, 5.74) is 2.79. The van der Waals surface area contributed by atoms with Crippen molar-refractivity contribution in [1.82, 2.24) is 4.90 Å². The summed E-state index contributed by atoms with van der Waals surface area (Å²) in [6, 6.07) is 8.60. The van der Waals surface area contributed by atoms with Crippen molar-refractivity contribution >= 4 is 0 Å². The number of hydrogen-bond donors (Lipinski definition) is 1. The summed E-state index contributed by atoms with van der Waals surface area (Å²) in [7, 11) is 1.90. The van der Waals surface area contributed by atoms with Crippen LogP contribution in [0, 0.1) is 0 Å². The second kappa shape index (κ2) is 4.77. The Morgan fingerprint density at radius 2 is 1.67 bits per heavy atom. The van der Waals surface area contributed by atoms with Crippen molar-refractivity contribution in [2.24, 2.45) is 0 Å². The number of rotatable bonds is 3. The van der Waals surface area contributed by atoms with Gasteiger partial charge in [-0.2, -0.15) is 0 Å². The van der Waals surface area contributed by atoms with Crippen molar-refractivity contribution in [2.75, 3.05) is 13.8 Å². The fourth-order valence-electron chi connectivity index (χ4n) is 1.47. The van der Waals surface area contributed by atoms with Crippen molar-refractivity contribution in [3.8, 4) is 0 Å². The highest BCUT2D eigenvalue weighted by atomic mass is 16.3. The van der Waals surface area contributed by atoms with Crippen LogP contribution in [-0.4, -0.2) is 23.8 Å². The molecule has 0 amide bonds. The molecule has 1 aromatic carbocycles. The van der Waals surface area contributed by atoms with Gasteiger partial charge in [0.15, 0.2) is 0 Å². The Morgan fingerprint density at radius 1 is 1.13 bits per heavy atom. The molecule has 0 saturated heterocycles. The molecular weight excluding hydrogens is 186 g/mol. The van der Waals surface area contributed by atoms with Crippen LogP contribution in [0.25, 0.3) is 0 Å². The van der Waals surface area contributed by atoms with Crippen molar-refractivity contribution in [2.45, 2.75) is 32.7 Å². The number of benzene rings is 1. The van der Waals surface area contributed by atoms with Crippen molar-refractivity contribution in [3.63, 3.8) is 0 Å². The Bertz CT molecular complexity index is 297. The monoisotopic (exact) mass is 207 g/mol. The van der Waals surface area contributed by atoms with Crippen LogP contribution in [0.15, 0.2) is 24.3 Å². The molecule has 2 heteroatoms. The smallest absolute Gasteiger partial charge is 0.0956 e. The fourth-order valence-corrected chi connectivity index (χ4v) is 1.47. The van der Waals surface area contributed by atoms with Gasteiger partial charge in [0.1, 0.15) is 0 Å². The molecule has 0 saturated carbocycles. The zero-order valence-electron chi connectivity index (χ0n) is 10.1. The van der Waals surface area contributed by atoms with E-state index >= 15 is 0 Å². The molecule has 2 nitrogen and oxygen atoms in total. The number of aliphatic hydroxyl groups is 1. The molecule has 15 heavy (non-hydrogen) atoms. The first kappa shape index (κ1) is 12.2. The molecule has 0 bridgehead atoms. The maximum atomic E-state index is 8.91. The molecular formula is C13H21NO. The van der Waals surface area contributed by atoms with Crippen LogP contribution in [0.5, 0.6) is 0 Å². The first-order valence-corrected chi connectivity index (χ1v) is 5.32. The van der Waals surface area contributed by atoms with Gasteiger partial charge in [0, 0.05) is 6.54 Å². The van der Waals surface area contributed by atoms with E-state index in [-0.39, 0.29) is 12.1 Å². The molecule has 0 unspecified atom stereocenters. The minimum Gasteiger partial charge on any atom is -0.381 e. The molecule has 0 radical (unpaired) electrons. The predicted octanol–water partition coefficient (Wildman–Crippen LogP) is 2.37. The lowest BCUT2D eigenvalue weighted by Gasteiger charge is -2.20. The van der Waals surface area contributed by atoms with Crippen molar-refractivity contribution < 1.29 is 5.11 Å². The third-order valence-electron chi connectivity index (χ3n) is 2.51. The quantitative estimate of drug-likeness (QED) is 0.769. The van der Waals surface area contributed by atoms with Gasteiger partial charge in [-0.15, -0.1) is 0 Å². The average Bonchev–Trinajstić information content (AvgIpc) is 2.17. The Hall–Kier alpha value is -0.860. The minimum absolute atomic E-state index is 0.0982. The maximum Gasteiger partial charge on any atom is 0.0956 e. The highest BCUT2D eigenvalue weighted by Gasteiger charge is 2.12. The van der Waals surface area contributed by atoms with Crippen LogP contribution in [-0.2, 0) is 12.0 Å². The molecule has 1 N–H and O–H groups in total. The first-order valence-electron chi connectivity index (χ1n) is 5.32. The first-order chi connectivity index (χ1) is 6.93. The molecule has 0 aliphatic heterocycles. The van der Waals surface area contributed by atoms with E-state index in [1.165, 1.54) is 11.1 Å². The summed E-state index contributed by atoms with van der Waals surface area (Å²) in [5.74, 6) is 0. The molecule has 0 fully saturated rings. The van der Waals surface area contributed by atoms with E-state index in [9.17, 15) is 0 Å². The lowest BCUT2D eigenvalue weighted by atomic mass is 9.87. The van der Waals surface area contributed by atoms with E-state index < -0.39 is 0 Å². The third-order valence-corrected chi connectivity index (χ3v) is 2.51. The summed E-state index contributed by atoms with van der Waals surface area (Å²) in [6.07, 6.45) is 0. The summed E-state index contributed by atoms with van der Waals surface area (Å²) < 4.78 is 0. The van der Waals surface area contributed by atoms with Gasteiger partial charge in [0.05, 0.1) is 6.73 Å². The van der Waals surface area contributed by atoms with Gasteiger partial charge in [0.2, 0.25) is 0 Å². The third kappa shape index (κ3) is 3.65. The Morgan fingerprint density at radius 3 is 2.07 bits per heavy atom. The van der Waals surface area contributed by atoms with Crippen LogP contribution in [0.3, 0.4) is 0 Å². The lowest BCUT2D eigenvalue weighted by Crippen LogP contribution is -2.18. The Kier molecular flexibility index (Phi) is 3.89. The van der Waals surface area contributed by atoms with Gasteiger partial charge < -0.3 is 5.11 Å². The zero-order chi connectivity index (χ0) is 11.5. The molecule has 0 heterocycles. The Labute approximate surface area is 92.5 Å². The van der Waals surface area contributed by atoms with E-state index in [1.807, 2.05) is 11.9 Å². The topological polar surface area (TPSA) is 23.5 Å². The predicted molar refractivity (Wildman–Crippen MR) is 63.7 cm³/mol. The minimum atomic E-state index is 0.0982. The molecule has 84 valence electrons. The summed E-state index contributed by atoms with van der Waals surface area (Å²) >= 11 is 0. The second-order valence-corrected chi connectivity index (χ2v) is 5.10. The maximum absolute atomic E-state index is 8.91. The van der Waals surface area contributed by atoms with Crippen LogP contribution < -0.4 is 0 Å².